The Labute approximate surface area is 163 Å². The molecule has 0 saturated carbocycles. The average molecular weight is 378 g/mol. The number of pyridine rings is 1. The van der Waals surface area contributed by atoms with Gasteiger partial charge in [-0.05, 0) is 49.6 Å². The SMILES string of the molecule is Cc1nn(C)c2ncc(CN[C@@H]3CCCN(c4ccc(C#N)cc4F)C3)cc12. The largest absolute Gasteiger partial charge is 0.368 e. The van der Waals surface area contributed by atoms with Gasteiger partial charge in [-0.2, -0.15) is 10.4 Å². The summed E-state index contributed by atoms with van der Waals surface area (Å²) in [5.41, 5.74) is 3.90. The van der Waals surface area contributed by atoms with E-state index in [1.165, 1.54) is 6.07 Å². The maximum absolute atomic E-state index is 14.4. The van der Waals surface area contributed by atoms with Crippen molar-refractivity contribution in [1.82, 2.24) is 20.1 Å². The summed E-state index contributed by atoms with van der Waals surface area (Å²) < 4.78 is 16.2. The summed E-state index contributed by atoms with van der Waals surface area (Å²) in [5.74, 6) is -0.332. The molecule has 3 aromatic rings. The van der Waals surface area contributed by atoms with Gasteiger partial charge >= 0.3 is 0 Å². The summed E-state index contributed by atoms with van der Waals surface area (Å²) in [6.07, 6.45) is 3.93. The zero-order valence-corrected chi connectivity index (χ0v) is 16.1. The van der Waals surface area contributed by atoms with Crippen molar-refractivity contribution in [3.63, 3.8) is 0 Å². The highest BCUT2D eigenvalue weighted by Crippen LogP contribution is 2.24. The minimum Gasteiger partial charge on any atom is -0.368 e. The van der Waals surface area contributed by atoms with E-state index in [1.54, 1.807) is 16.8 Å². The fourth-order valence-corrected chi connectivity index (χ4v) is 3.91. The molecule has 7 heteroatoms. The number of fused-ring (bicyclic) bond motifs is 1. The van der Waals surface area contributed by atoms with E-state index < -0.39 is 0 Å². The fourth-order valence-electron chi connectivity index (χ4n) is 3.91. The molecule has 1 N–H and O–H groups in total. The molecule has 2 aromatic heterocycles. The van der Waals surface area contributed by atoms with Crippen LogP contribution in [0.25, 0.3) is 11.0 Å². The van der Waals surface area contributed by atoms with E-state index in [9.17, 15) is 4.39 Å². The monoisotopic (exact) mass is 378 g/mol. The summed E-state index contributed by atoms with van der Waals surface area (Å²) in [4.78, 5) is 6.59. The number of hydrogen-bond acceptors (Lipinski definition) is 5. The van der Waals surface area contributed by atoms with Gasteiger partial charge in [-0.3, -0.25) is 4.68 Å². The molecule has 1 fully saturated rings. The van der Waals surface area contributed by atoms with Gasteiger partial charge < -0.3 is 10.2 Å². The van der Waals surface area contributed by atoms with E-state index in [-0.39, 0.29) is 11.9 Å². The molecule has 1 saturated heterocycles. The molecule has 3 heterocycles. The maximum Gasteiger partial charge on any atom is 0.157 e. The van der Waals surface area contributed by atoms with Crippen molar-refractivity contribution in [3.8, 4) is 6.07 Å². The molecule has 1 aliphatic heterocycles. The zero-order chi connectivity index (χ0) is 19.7. The number of benzene rings is 1. The van der Waals surface area contributed by atoms with Crippen molar-refractivity contribution in [2.24, 2.45) is 7.05 Å². The summed E-state index contributed by atoms with van der Waals surface area (Å²) in [7, 11) is 1.90. The molecule has 0 spiro atoms. The van der Waals surface area contributed by atoms with Crippen molar-refractivity contribution >= 4 is 16.7 Å². The number of nitriles is 1. The Bertz CT molecular complexity index is 1050. The third kappa shape index (κ3) is 3.56. The number of aromatic nitrogens is 3. The lowest BCUT2D eigenvalue weighted by Crippen LogP contribution is -2.45. The Morgan fingerprint density at radius 2 is 2.21 bits per heavy atom. The van der Waals surface area contributed by atoms with Crippen LogP contribution in [0.1, 0.15) is 29.7 Å². The number of halogens is 1. The van der Waals surface area contributed by atoms with Crippen LogP contribution in [0.4, 0.5) is 10.1 Å². The molecule has 1 atom stereocenters. The van der Waals surface area contributed by atoms with Crippen LogP contribution in [0.3, 0.4) is 0 Å². The van der Waals surface area contributed by atoms with Gasteiger partial charge in [0, 0.05) is 44.3 Å². The quantitative estimate of drug-likeness (QED) is 0.756. The number of anilines is 1. The highest BCUT2D eigenvalue weighted by molar-refractivity contribution is 5.78. The van der Waals surface area contributed by atoms with Crippen LogP contribution >= 0.6 is 0 Å². The number of nitrogens with one attached hydrogen (secondary N) is 1. The molecule has 0 radical (unpaired) electrons. The summed E-state index contributed by atoms with van der Waals surface area (Å²) in [6, 6.07) is 9.08. The Balaban J connectivity index is 1.43. The van der Waals surface area contributed by atoms with E-state index in [4.69, 9.17) is 5.26 Å². The Hall–Kier alpha value is -2.98. The van der Waals surface area contributed by atoms with Gasteiger partial charge in [0.05, 0.1) is 23.0 Å². The van der Waals surface area contributed by atoms with Crippen molar-refractivity contribution in [2.75, 3.05) is 18.0 Å². The molecule has 0 aliphatic carbocycles. The molecule has 4 rings (SSSR count). The molecule has 1 aromatic carbocycles. The predicted octanol–water partition coefficient (Wildman–Crippen LogP) is 3.05. The molecule has 0 bridgehead atoms. The van der Waals surface area contributed by atoms with Gasteiger partial charge in [0.15, 0.2) is 5.65 Å². The van der Waals surface area contributed by atoms with Crippen molar-refractivity contribution in [3.05, 3.63) is 53.1 Å². The first-order chi connectivity index (χ1) is 13.5. The lowest BCUT2D eigenvalue weighted by Gasteiger charge is -2.35. The molecule has 1 aliphatic rings. The second-order valence-corrected chi connectivity index (χ2v) is 7.37. The molecule has 28 heavy (non-hydrogen) atoms. The molecule has 0 unspecified atom stereocenters. The van der Waals surface area contributed by atoms with Crippen molar-refractivity contribution < 1.29 is 4.39 Å². The third-order valence-corrected chi connectivity index (χ3v) is 5.35. The van der Waals surface area contributed by atoms with Crippen molar-refractivity contribution in [2.45, 2.75) is 32.4 Å². The minimum absolute atomic E-state index is 0.273. The number of nitrogens with zero attached hydrogens (tertiary/aromatic N) is 5. The van der Waals surface area contributed by atoms with Gasteiger partial charge in [0.25, 0.3) is 0 Å². The molecule has 6 nitrogen and oxygen atoms in total. The highest BCUT2D eigenvalue weighted by atomic mass is 19.1. The predicted molar refractivity (Wildman–Crippen MR) is 106 cm³/mol. The first-order valence-corrected chi connectivity index (χ1v) is 9.51. The van der Waals surface area contributed by atoms with Gasteiger partial charge in [0.1, 0.15) is 5.82 Å². The van der Waals surface area contributed by atoms with Crippen LogP contribution in [-0.4, -0.2) is 33.9 Å². The van der Waals surface area contributed by atoms with Gasteiger partial charge in [-0.1, -0.05) is 0 Å². The summed E-state index contributed by atoms with van der Waals surface area (Å²) in [6.45, 7) is 4.27. The van der Waals surface area contributed by atoms with Crippen LogP contribution in [-0.2, 0) is 13.6 Å². The minimum atomic E-state index is -0.332. The lowest BCUT2D eigenvalue weighted by atomic mass is 10.0. The molecule has 0 amide bonds. The van der Waals surface area contributed by atoms with Crippen molar-refractivity contribution in [1.29, 1.82) is 5.26 Å². The number of aryl methyl sites for hydroxylation is 2. The average Bonchev–Trinajstić information content (AvgIpc) is 2.99. The number of rotatable bonds is 4. The summed E-state index contributed by atoms with van der Waals surface area (Å²) >= 11 is 0. The molecule has 144 valence electrons. The maximum atomic E-state index is 14.4. The van der Waals surface area contributed by atoms with Crippen LogP contribution < -0.4 is 10.2 Å². The standard InChI is InChI=1S/C21H23FN6/c1-14-18-8-16(12-25-21(18)27(2)26-14)11-24-17-4-3-7-28(13-17)20-6-5-15(10-23)9-19(20)22/h5-6,8-9,12,17,24H,3-4,7,11,13H2,1-2H3/t17-/m1/s1. The first kappa shape index (κ1) is 18.4. The number of hydrogen-bond donors (Lipinski definition) is 1. The van der Waals surface area contributed by atoms with E-state index in [0.29, 0.717) is 17.8 Å². The second kappa shape index (κ2) is 7.56. The highest BCUT2D eigenvalue weighted by Gasteiger charge is 2.22. The Kier molecular flexibility index (Phi) is 4.97. The smallest absolute Gasteiger partial charge is 0.157 e. The summed E-state index contributed by atoms with van der Waals surface area (Å²) in [5, 5.41) is 18.0. The van der Waals surface area contributed by atoms with E-state index in [0.717, 1.165) is 48.2 Å². The van der Waals surface area contributed by atoms with Gasteiger partial charge in [-0.15, -0.1) is 0 Å². The second-order valence-electron chi connectivity index (χ2n) is 7.37. The fraction of sp³-hybridized carbons (Fsp3) is 0.381. The van der Waals surface area contributed by atoms with Crippen LogP contribution in [0.5, 0.6) is 0 Å². The van der Waals surface area contributed by atoms with Crippen LogP contribution in [0.2, 0.25) is 0 Å². The topological polar surface area (TPSA) is 69.8 Å². The van der Waals surface area contributed by atoms with E-state index >= 15 is 0 Å². The van der Waals surface area contributed by atoms with E-state index in [2.05, 4.69) is 26.4 Å². The van der Waals surface area contributed by atoms with Gasteiger partial charge in [-0.25, -0.2) is 9.37 Å². The van der Waals surface area contributed by atoms with Gasteiger partial charge in [0.2, 0.25) is 0 Å². The molecular formula is C21H23FN6. The first-order valence-electron chi connectivity index (χ1n) is 9.51. The van der Waals surface area contributed by atoms with Crippen LogP contribution in [0, 0.1) is 24.1 Å². The van der Waals surface area contributed by atoms with Crippen LogP contribution in [0.15, 0.2) is 30.5 Å². The lowest BCUT2D eigenvalue weighted by molar-refractivity contribution is 0.418. The molecular weight excluding hydrogens is 355 g/mol. The van der Waals surface area contributed by atoms with E-state index in [1.807, 2.05) is 26.2 Å². The Morgan fingerprint density at radius 1 is 1.36 bits per heavy atom. The third-order valence-electron chi connectivity index (χ3n) is 5.35. The normalized spacial score (nSPS) is 17.1. The number of piperidine rings is 1. The Morgan fingerprint density at radius 3 is 3.00 bits per heavy atom. The zero-order valence-electron chi connectivity index (χ0n) is 16.1.